The zero-order valence-electron chi connectivity index (χ0n) is 9.81. The molecule has 1 aliphatic heterocycles. The predicted octanol–water partition coefficient (Wildman–Crippen LogP) is 0.750. The van der Waals surface area contributed by atoms with Gasteiger partial charge >= 0.3 is 0 Å². The van der Waals surface area contributed by atoms with Crippen molar-refractivity contribution in [3.05, 3.63) is 23.8 Å². The number of nitrogens with zero attached hydrogens (tertiary/aromatic N) is 1. The molecule has 1 fully saturated rings. The first-order chi connectivity index (χ1) is 8.20. The molecule has 0 aromatic heterocycles. The predicted molar refractivity (Wildman–Crippen MR) is 64.1 cm³/mol. The number of morpholine rings is 1. The number of amides is 1. The highest BCUT2D eigenvalue weighted by Crippen LogP contribution is 2.20. The first-order valence-electron chi connectivity index (χ1n) is 5.52. The summed E-state index contributed by atoms with van der Waals surface area (Å²) >= 11 is 0. The van der Waals surface area contributed by atoms with Crippen molar-refractivity contribution in [2.75, 3.05) is 39.1 Å². The van der Waals surface area contributed by atoms with E-state index in [9.17, 15) is 4.79 Å². The fourth-order valence-electron chi connectivity index (χ4n) is 1.81. The third kappa shape index (κ3) is 2.68. The van der Waals surface area contributed by atoms with Crippen LogP contribution in [0.15, 0.2) is 18.2 Å². The fraction of sp³-hybridized carbons (Fsp3) is 0.417. The Morgan fingerprint density at radius 1 is 1.35 bits per heavy atom. The second-order valence-corrected chi connectivity index (χ2v) is 3.90. The smallest absolute Gasteiger partial charge is 0.254 e. The average molecular weight is 236 g/mol. The molecule has 1 aromatic carbocycles. The van der Waals surface area contributed by atoms with E-state index in [1.807, 2.05) is 0 Å². The van der Waals surface area contributed by atoms with Crippen molar-refractivity contribution in [1.29, 1.82) is 0 Å². The molecule has 0 unspecified atom stereocenters. The number of anilines is 1. The van der Waals surface area contributed by atoms with Crippen LogP contribution in [0.2, 0.25) is 0 Å². The standard InChI is InChI=1S/C12H16N2O3/c1-16-11-7-9(6-10(13)8-11)12(15)14-2-4-17-5-3-14/h6-8H,2-5,13H2,1H3. The highest BCUT2D eigenvalue weighted by atomic mass is 16.5. The lowest BCUT2D eigenvalue weighted by Crippen LogP contribution is -2.40. The minimum absolute atomic E-state index is 0.0288. The zero-order valence-corrected chi connectivity index (χ0v) is 9.81. The van der Waals surface area contributed by atoms with Crippen LogP contribution >= 0.6 is 0 Å². The molecule has 1 amide bonds. The molecule has 0 saturated carbocycles. The Hall–Kier alpha value is -1.75. The Kier molecular flexibility index (Phi) is 3.49. The summed E-state index contributed by atoms with van der Waals surface area (Å²) in [7, 11) is 1.55. The van der Waals surface area contributed by atoms with Crippen molar-refractivity contribution in [1.82, 2.24) is 4.90 Å². The van der Waals surface area contributed by atoms with Gasteiger partial charge in [0, 0.05) is 30.4 Å². The van der Waals surface area contributed by atoms with Crippen LogP contribution < -0.4 is 10.5 Å². The maximum atomic E-state index is 12.2. The van der Waals surface area contributed by atoms with Gasteiger partial charge in [0.15, 0.2) is 0 Å². The average Bonchev–Trinajstić information content (AvgIpc) is 2.38. The highest BCUT2D eigenvalue weighted by Gasteiger charge is 2.19. The van der Waals surface area contributed by atoms with Crippen molar-refractivity contribution in [3.63, 3.8) is 0 Å². The van der Waals surface area contributed by atoms with Crippen molar-refractivity contribution >= 4 is 11.6 Å². The zero-order chi connectivity index (χ0) is 12.3. The second kappa shape index (κ2) is 5.05. The Morgan fingerprint density at radius 2 is 2.06 bits per heavy atom. The second-order valence-electron chi connectivity index (χ2n) is 3.90. The van der Waals surface area contributed by atoms with Gasteiger partial charge in [-0.05, 0) is 12.1 Å². The summed E-state index contributed by atoms with van der Waals surface area (Å²) < 4.78 is 10.3. The van der Waals surface area contributed by atoms with Crippen molar-refractivity contribution < 1.29 is 14.3 Å². The largest absolute Gasteiger partial charge is 0.497 e. The van der Waals surface area contributed by atoms with Gasteiger partial charge in [0.1, 0.15) is 5.75 Å². The van der Waals surface area contributed by atoms with Gasteiger partial charge in [-0.25, -0.2) is 0 Å². The first-order valence-corrected chi connectivity index (χ1v) is 5.52. The van der Waals surface area contributed by atoms with Crippen molar-refractivity contribution in [3.8, 4) is 5.75 Å². The van der Waals surface area contributed by atoms with E-state index < -0.39 is 0 Å². The molecule has 0 radical (unpaired) electrons. The number of hydrogen-bond donors (Lipinski definition) is 1. The molecule has 0 bridgehead atoms. The summed E-state index contributed by atoms with van der Waals surface area (Å²) in [6.07, 6.45) is 0. The topological polar surface area (TPSA) is 64.8 Å². The van der Waals surface area contributed by atoms with E-state index in [0.717, 1.165) is 0 Å². The van der Waals surface area contributed by atoms with E-state index >= 15 is 0 Å². The SMILES string of the molecule is COc1cc(N)cc(C(=O)N2CCOCC2)c1. The quantitative estimate of drug-likeness (QED) is 0.769. The molecule has 1 saturated heterocycles. The lowest BCUT2D eigenvalue weighted by Gasteiger charge is -2.27. The number of ether oxygens (including phenoxy) is 2. The Labute approximate surface area is 100 Å². The van der Waals surface area contributed by atoms with Crippen LogP contribution in [0.1, 0.15) is 10.4 Å². The molecule has 1 aliphatic rings. The van der Waals surface area contributed by atoms with Gasteiger partial charge in [-0.1, -0.05) is 0 Å². The molecule has 92 valence electrons. The van der Waals surface area contributed by atoms with E-state index in [1.54, 1.807) is 30.2 Å². The lowest BCUT2D eigenvalue weighted by atomic mass is 10.1. The Balaban J connectivity index is 2.20. The van der Waals surface area contributed by atoms with Crippen LogP contribution in [0.3, 0.4) is 0 Å². The van der Waals surface area contributed by atoms with E-state index in [0.29, 0.717) is 43.3 Å². The van der Waals surface area contributed by atoms with Gasteiger partial charge in [0.2, 0.25) is 0 Å². The minimum atomic E-state index is -0.0288. The number of nitrogen functional groups attached to an aromatic ring is 1. The number of benzene rings is 1. The third-order valence-electron chi connectivity index (χ3n) is 2.71. The van der Waals surface area contributed by atoms with Crippen molar-refractivity contribution in [2.45, 2.75) is 0 Å². The molecule has 1 heterocycles. The monoisotopic (exact) mass is 236 g/mol. The lowest BCUT2D eigenvalue weighted by molar-refractivity contribution is 0.0303. The molecule has 2 rings (SSSR count). The number of nitrogens with two attached hydrogens (primary N) is 1. The maximum absolute atomic E-state index is 12.2. The summed E-state index contributed by atoms with van der Waals surface area (Å²) in [4.78, 5) is 13.9. The van der Waals surface area contributed by atoms with Crippen LogP contribution in [0.4, 0.5) is 5.69 Å². The van der Waals surface area contributed by atoms with Crippen LogP contribution in [0, 0.1) is 0 Å². The van der Waals surface area contributed by atoms with Gasteiger partial charge in [0.25, 0.3) is 5.91 Å². The third-order valence-corrected chi connectivity index (χ3v) is 2.71. The molecule has 5 heteroatoms. The molecular weight excluding hydrogens is 220 g/mol. The maximum Gasteiger partial charge on any atom is 0.254 e. The number of hydrogen-bond acceptors (Lipinski definition) is 4. The van der Waals surface area contributed by atoms with E-state index in [1.165, 1.54) is 0 Å². The van der Waals surface area contributed by atoms with Gasteiger partial charge < -0.3 is 20.1 Å². The summed E-state index contributed by atoms with van der Waals surface area (Å²) in [5, 5.41) is 0. The van der Waals surface area contributed by atoms with E-state index in [-0.39, 0.29) is 5.91 Å². The van der Waals surface area contributed by atoms with Gasteiger partial charge in [-0.2, -0.15) is 0 Å². The van der Waals surface area contributed by atoms with Crippen LogP contribution in [0.5, 0.6) is 5.75 Å². The number of carbonyl (C=O) groups is 1. The Bertz CT molecular complexity index is 414. The number of methoxy groups -OCH3 is 1. The molecule has 17 heavy (non-hydrogen) atoms. The molecule has 0 spiro atoms. The molecule has 1 aromatic rings. The molecule has 2 N–H and O–H groups in total. The summed E-state index contributed by atoms with van der Waals surface area (Å²) in [5.74, 6) is 0.570. The van der Waals surface area contributed by atoms with E-state index in [2.05, 4.69) is 0 Å². The van der Waals surface area contributed by atoms with Gasteiger partial charge in [0.05, 0.1) is 20.3 Å². The number of carbonyl (C=O) groups excluding carboxylic acids is 1. The van der Waals surface area contributed by atoms with Gasteiger partial charge in [-0.15, -0.1) is 0 Å². The van der Waals surface area contributed by atoms with Gasteiger partial charge in [-0.3, -0.25) is 4.79 Å². The summed E-state index contributed by atoms with van der Waals surface area (Å²) in [6, 6.07) is 5.06. The first kappa shape index (κ1) is 11.7. The molecule has 0 aliphatic carbocycles. The molecule has 5 nitrogen and oxygen atoms in total. The van der Waals surface area contributed by atoms with Crippen LogP contribution in [0.25, 0.3) is 0 Å². The minimum Gasteiger partial charge on any atom is -0.497 e. The molecule has 0 atom stereocenters. The fourth-order valence-corrected chi connectivity index (χ4v) is 1.81. The van der Waals surface area contributed by atoms with Crippen LogP contribution in [-0.4, -0.2) is 44.2 Å². The van der Waals surface area contributed by atoms with Crippen molar-refractivity contribution in [2.24, 2.45) is 0 Å². The highest BCUT2D eigenvalue weighted by molar-refractivity contribution is 5.95. The summed E-state index contributed by atoms with van der Waals surface area (Å²) in [5.41, 5.74) is 6.81. The number of rotatable bonds is 2. The Morgan fingerprint density at radius 3 is 2.71 bits per heavy atom. The summed E-state index contributed by atoms with van der Waals surface area (Å²) in [6.45, 7) is 2.42. The molecular formula is C12H16N2O3. The van der Waals surface area contributed by atoms with Crippen LogP contribution in [-0.2, 0) is 4.74 Å². The normalized spacial score (nSPS) is 15.7. The van der Waals surface area contributed by atoms with E-state index in [4.69, 9.17) is 15.2 Å².